The van der Waals surface area contributed by atoms with Gasteiger partial charge < -0.3 is 9.72 Å². The summed E-state index contributed by atoms with van der Waals surface area (Å²) in [6.45, 7) is 0.332. The van der Waals surface area contributed by atoms with Crippen molar-refractivity contribution in [1.29, 1.82) is 0 Å². The number of methoxy groups -OCH3 is 1. The molecule has 0 aliphatic carbocycles. The van der Waals surface area contributed by atoms with Crippen molar-refractivity contribution in [1.82, 2.24) is 9.97 Å². The minimum Gasteiger partial charge on any atom is -0.378 e. The molecule has 0 atom stereocenters. The molecule has 1 heterocycles. The zero-order valence-electron chi connectivity index (χ0n) is 10.4. The quantitative estimate of drug-likeness (QED) is 0.681. The molecule has 6 heteroatoms. The Morgan fingerprint density at radius 1 is 1.37 bits per heavy atom. The number of benzene rings is 1. The van der Waals surface area contributed by atoms with E-state index in [1.807, 2.05) is 24.3 Å². The second kappa shape index (κ2) is 6.75. The van der Waals surface area contributed by atoms with Gasteiger partial charge in [0.15, 0.2) is 5.16 Å². The van der Waals surface area contributed by atoms with Gasteiger partial charge in [-0.25, -0.2) is 4.98 Å². The Balaban J connectivity index is 2.06. The summed E-state index contributed by atoms with van der Waals surface area (Å²) in [5, 5.41) is 1.30. The summed E-state index contributed by atoms with van der Waals surface area (Å²) in [4.78, 5) is 18.5. The first kappa shape index (κ1) is 14.1. The van der Waals surface area contributed by atoms with Gasteiger partial charge >= 0.3 is 0 Å². The van der Waals surface area contributed by atoms with Gasteiger partial charge in [-0.2, -0.15) is 0 Å². The molecule has 2 aromatic rings. The molecular formula is C13H13ClN2O2S. The van der Waals surface area contributed by atoms with Crippen molar-refractivity contribution < 1.29 is 4.74 Å². The van der Waals surface area contributed by atoms with Crippen LogP contribution in [0.25, 0.3) is 0 Å². The van der Waals surface area contributed by atoms with Gasteiger partial charge in [-0.05, 0) is 17.7 Å². The van der Waals surface area contributed by atoms with E-state index in [2.05, 4.69) is 9.97 Å². The highest BCUT2D eigenvalue weighted by Gasteiger charge is 2.03. The zero-order valence-corrected chi connectivity index (χ0v) is 11.9. The molecule has 4 nitrogen and oxygen atoms in total. The lowest BCUT2D eigenvalue weighted by atomic mass is 10.2. The Morgan fingerprint density at radius 3 is 2.79 bits per heavy atom. The number of rotatable bonds is 5. The molecule has 0 fully saturated rings. The predicted molar refractivity (Wildman–Crippen MR) is 76.6 cm³/mol. The van der Waals surface area contributed by atoms with Gasteiger partial charge in [0.2, 0.25) is 0 Å². The first-order chi connectivity index (χ1) is 9.17. The second-order valence-electron chi connectivity index (χ2n) is 3.89. The molecule has 0 spiro atoms. The third-order valence-electron chi connectivity index (χ3n) is 2.35. The molecule has 0 radical (unpaired) electrons. The number of hydrogen-bond donors (Lipinski definition) is 1. The summed E-state index contributed by atoms with van der Waals surface area (Å²) >= 11 is 7.29. The van der Waals surface area contributed by atoms with Crippen LogP contribution in [0.5, 0.6) is 0 Å². The monoisotopic (exact) mass is 296 g/mol. The van der Waals surface area contributed by atoms with E-state index in [-0.39, 0.29) is 5.56 Å². The standard InChI is InChI=1S/C13H13ClN2O2S/c1-18-7-11-6-12(17)16-13(15-11)19-8-9-2-4-10(14)5-3-9/h2-6H,7-8H2,1H3,(H,15,16,17). The van der Waals surface area contributed by atoms with Crippen LogP contribution in [0, 0.1) is 0 Å². The summed E-state index contributed by atoms with van der Waals surface area (Å²) in [7, 11) is 1.57. The normalized spacial score (nSPS) is 10.6. The summed E-state index contributed by atoms with van der Waals surface area (Å²) < 4.78 is 4.97. The average molecular weight is 297 g/mol. The van der Waals surface area contributed by atoms with Gasteiger partial charge in [0.25, 0.3) is 5.56 Å². The van der Waals surface area contributed by atoms with E-state index in [1.54, 1.807) is 7.11 Å². The SMILES string of the molecule is COCc1cc(=O)[nH]c(SCc2ccc(Cl)cc2)n1. The molecule has 0 bridgehead atoms. The van der Waals surface area contributed by atoms with Crippen molar-refractivity contribution in [2.75, 3.05) is 7.11 Å². The lowest BCUT2D eigenvalue weighted by molar-refractivity contribution is 0.180. The van der Waals surface area contributed by atoms with Gasteiger partial charge in [0, 0.05) is 24.0 Å². The van der Waals surface area contributed by atoms with Crippen LogP contribution in [0.15, 0.2) is 40.3 Å². The lowest BCUT2D eigenvalue weighted by Gasteiger charge is -2.04. The van der Waals surface area contributed by atoms with E-state index in [0.717, 1.165) is 11.3 Å². The first-order valence-electron chi connectivity index (χ1n) is 5.64. The fraction of sp³-hybridized carbons (Fsp3) is 0.231. The largest absolute Gasteiger partial charge is 0.378 e. The Bertz CT molecular complexity index is 598. The Hall–Kier alpha value is -1.30. The third kappa shape index (κ3) is 4.38. The molecule has 1 aromatic heterocycles. The number of aromatic nitrogens is 2. The highest BCUT2D eigenvalue weighted by atomic mass is 35.5. The first-order valence-corrected chi connectivity index (χ1v) is 7.00. The molecule has 100 valence electrons. The van der Waals surface area contributed by atoms with Gasteiger partial charge in [-0.1, -0.05) is 35.5 Å². The van der Waals surface area contributed by atoms with E-state index in [0.29, 0.717) is 22.5 Å². The summed E-state index contributed by atoms with van der Waals surface area (Å²) in [6.07, 6.45) is 0. The average Bonchev–Trinajstić information content (AvgIpc) is 2.38. The Morgan fingerprint density at radius 2 is 2.11 bits per heavy atom. The summed E-state index contributed by atoms with van der Waals surface area (Å²) in [6, 6.07) is 9.03. The van der Waals surface area contributed by atoms with Crippen molar-refractivity contribution in [3.05, 3.63) is 57.0 Å². The number of ether oxygens (including phenoxy) is 1. The number of aromatic amines is 1. The highest BCUT2D eigenvalue weighted by Crippen LogP contribution is 2.19. The van der Waals surface area contributed by atoms with Crippen molar-refractivity contribution in [3.63, 3.8) is 0 Å². The molecule has 0 saturated carbocycles. The van der Waals surface area contributed by atoms with Crippen molar-refractivity contribution in [2.45, 2.75) is 17.5 Å². The lowest BCUT2D eigenvalue weighted by Crippen LogP contribution is -2.10. The van der Waals surface area contributed by atoms with Crippen LogP contribution in [0.1, 0.15) is 11.3 Å². The third-order valence-corrected chi connectivity index (χ3v) is 3.55. The van der Waals surface area contributed by atoms with Gasteiger partial charge in [-0.3, -0.25) is 4.79 Å². The van der Waals surface area contributed by atoms with E-state index in [9.17, 15) is 4.79 Å². The molecule has 0 saturated heterocycles. The maximum atomic E-state index is 11.5. The fourth-order valence-electron chi connectivity index (χ4n) is 1.51. The minimum atomic E-state index is -0.166. The van der Waals surface area contributed by atoms with Crippen LogP contribution < -0.4 is 5.56 Å². The molecule has 19 heavy (non-hydrogen) atoms. The Kier molecular flexibility index (Phi) is 5.01. The maximum absolute atomic E-state index is 11.5. The summed E-state index contributed by atoms with van der Waals surface area (Å²) in [5.74, 6) is 0.719. The molecule has 1 N–H and O–H groups in total. The fourth-order valence-corrected chi connectivity index (χ4v) is 2.48. The molecular weight excluding hydrogens is 284 g/mol. The number of thioether (sulfide) groups is 1. The highest BCUT2D eigenvalue weighted by molar-refractivity contribution is 7.98. The predicted octanol–water partition coefficient (Wildman–Crippen LogP) is 2.86. The minimum absolute atomic E-state index is 0.166. The molecule has 0 unspecified atom stereocenters. The number of H-pyrrole nitrogens is 1. The van der Waals surface area contributed by atoms with Crippen LogP contribution in [0.2, 0.25) is 5.02 Å². The van der Waals surface area contributed by atoms with Gasteiger partial charge in [-0.15, -0.1) is 0 Å². The molecule has 0 amide bonds. The number of halogens is 1. The van der Waals surface area contributed by atoms with Crippen LogP contribution >= 0.6 is 23.4 Å². The van der Waals surface area contributed by atoms with Crippen LogP contribution in [-0.2, 0) is 17.1 Å². The smallest absolute Gasteiger partial charge is 0.251 e. The maximum Gasteiger partial charge on any atom is 0.251 e. The second-order valence-corrected chi connectivity index (χ2v) is 5.29. The van der Waals surface area contributed by atoms with E-state index in [1.165, 1.54) is 17.8 Å². The van der Waals surface area contributed by atoms with E-state index >= 15 is 0 Å². The molecule has 2 rings (SSSR count). The van der Waals surface area contributed by atoms with Crippen molar-refractivity contribution in [3.8, 4) is 0 Å². The molecule has 0 aliphatic heterocycles. The Labute approximate surface area is 120 Å². The van der Waals surface area contributed by atoms with Crippen molar-refractivity contribution >= 4 is 23.4 Å². The van der Waals surface area contributed by atoms with Crippen LogP contribution in [-0.4, -0.2) is 17.1 Å². The van der Waals surface area contributed by atoms with E-state index in [4.69, 9.17) is 16.3 Å². The van der Waals surface area contributed by atoms with Crippen LogP contribution in [0.4, 0.5) is 0 Å². The zero-order chi connectivity index (χ0) is 13.7. The van der Waals surface area contributed by atoms with Crippen LogP contribution in [0.3, 0.4) is 0 Å². The van der Waals surface area contributed by atoms with E-state index < -0.39 is 0 Å². The molecule has 1 aromatic carbocycles. The van der Waals surface area contributed by atoms with Crippen molar-refractivity contribution in [2.24, 2.45) is 0 Å². The molecule has 0 aliphatic rings. The summed E-state index contributed by atoms with van der Waals surface area (Å²) in [5.41, 5.74) is 1.58. The van der Waals surface area contributed by atoms with Gasteiger partial charge in [0.05, 0.1) is 12.3 Å². The topological polar surface area (TPSA) is 55.0 Å². The van der Waals surface area contributed by atoms with Gasteiger partial charge in [0.1, 0.15) is 0 Å². The number of nitrogens with zero attached hydrogens (tertiary/aromatic N) is 1. The number of hydrogen-bond acceptors (Lipinski definition) is 4. The number of nitrogens with one attached hydrogen (secondary N) is 1.